The van der Waals surface area contributed by atoms with E-state index in [2.05, 4.69) is 11.8 Å². The molecule has 3 nitrogen and oxygen atoms in total. The third-order valence-electron chi connectivity index (χ3n) is 5.49. The zero-order valence-corrected chi connectivity index (χ0v) is 18.4. The highest BCUT2D eigenvalue weighted by molar-refractivity contribution is 6.30. The van der Waals surface area contributed by atoms with Crippen LogP contribution in [0.25, 0.3) is 0 Å². The second-order valence-electron chi connectivity index (χ2n) is 7.60. The van der Waals surface area contributed by atoms with Crippen molar-refractivity contribution in [3.8, 4) is 0 Å². The Bertz CT molecular complexity index is 560. The van der Waals surface area contributed by atoms with Crippen LogP contribution in [0.4, 0.5) is 0 Å². The van der Waals surface area contributed by atoms with Gasteiger partial charge in [-0.05, 0) is 58.0 Å². The van der Waals surface area contributed by atoms with Gasteiger partial charge in [0, 0.05) is 29.1 Å². The zero-order valence-electron chi connectivity index (χ0n) is 16.0. The highest BCUT2D eigenvalue weighted by Gasteiger charge is 2.39. The van der Waals surface area contributed by atoms with Gasteiger partial charge in [0.05, 0.1) is 5.60 Å². The van der Waals surface area contributed by atoms with Crippen molar-refractivity contribution < 1.29 is 5.11 Å². The van der Waals surface area contributed by atoms with E-state index in [-0.39, 0.29) is 30.7 Å². The monoisotopic (exact) mass is 422 g/mol. The molecule has 2 atom stereocenters. The van der Waals surface area contributed by atoms with Gasteiger partial charge in [0.25, 0.3) is 0 Å². The van der Waals surface area contributed by atoms with Gasteiger partial charge in [-0.2, -0.15) is 0 Å². The first-order valence-electron chi connectivity index (χ1n) is 9.02. The normalized spacial score (nSPS) is 18.4. The average Bonchev–Trinajstić information content (AvgIpc) is 2.53. The van der Waals surface area contributed by atoms with E-state index < -0.39 is 5.60 Å². The summed E-state index contributed by atoms with van der Waals surface area (Å²) in [7, 11) is 4.09. The Labute approximate surface area is 175 Å². The molecule has 0 aromatic heterocycles. The van der Waals surface area contributed by atoms with Gasteiger partial charge in [-0.1, -0.05) is 43.0 Å². The molecule has 1 fully saturated rings. The van der Waals surface area contributed by atoms with Crippen LogP contribution in [0, 0.1) is 5.41 Å². The number of nitrogens with one attached hydrogen (secondary N) is 1. The molecule has 0 spiro atoms. The number of aliphatic hydroxyl groups is 1. The van der Waals surface area contributed by atoms with E-state index in [9.17, 15) is 5.11 Å². The highest BCUT2D eigenvalue weighted by atomic mass is 35.5. The standard InChI is InChI=1S/C20H31ClN2O.2ClH/c1-15(23(2)3)12-18(22)14-19(16-8-7-9-17(21)13-16)20(24)10-5-4-6-11-20;;/h7-9,13,15,19,22,24H,4-6,10-12,14H2,1-3H3;2*1H/t15-,19?;;/m1../s1. The van der Waals surface area contributed by atoms with Gasteiger partial charge in [0.2, 0.25) is 0 Å². The maximum absolute atomic E-state index is 11.3. The van der Waals surface area contributed by atoms with Gasteiger partial charge in [-0.25, -0.2) is 0 Å². The molecule has 1 aromatic rings. The van der Waals surface area contributed by atoms with Crippen LogP contribution in [-0.2, 0) is 0 Å². The topological polar surface area (TPSA) is 47.3 Å². The van der Waals surface area contributed by atoms with Crippen LogP contribution in [0.2, 0.25) is 5.02 Å². The summed E-state index contributed by atoms with van der Waals surface area (Å²) in [4.78, 5) is 2.14. The minimum Gasteiger partial charge on any atom is -0.389 e. The lowest BCUT2D eigenvalue weighted by atomic mass is 9.70. The fraction of sp³-hybridized carbons (Fsp3) is 0.650. The molecule has 0 radical (unpaired) electrons. The smallest absolute Gasteiger partial charge is 0.0719 e. The van der Waals surface area contributed by atoms with Gasteiger partial charge in [0.1, 0.15) is 0 Å². The van der Waals surface area contributed by atoms with Gasteiger partial charge in [0.15, 0.2) is 0 Å². The van der Waals surface area contributed by atoms with Crippen LogP contribution in [-0.4, -0.2) is 41.5 Å². The van der Waals surface area contributed by atoms with Crippen LogP contribution < -0.4 is 0 Å². The van der Waals surface area contributed by atoms with E-state index in [1.165, 1.54) is 6.42 Å². The summed E-state index contributed by atoms with van der Waals surface area (Å²) < 4.78 is 0. The first-order valence-corrected chi connectivity index (χ1v) is 9.40. The van der Waals surface area contributed by atoms with Gasteiger partial charge in [-0.15, -0.1) is 24.8 Å². The lowest BCUT2D eigenvalue weighted by Crippen LogP contribution is -2.40. The van der Waals surface area contributed by atoms with Crippen molar-refractivity contribution in [1.29, 1.82) is 5.41 Å². The average molecular weight is 424 g/mol. The molecule has 1 aliphatic carbocycles. The summed E-state index contributed by atoms with van der Waals surface area (Å²) in [6.07, 6.45) is 6.31. The fourth-order valence-electron chi connectivity index (χ4n) is 3.72. The van der Waals surface area contributed by atoms with Crippen LogP contribution in [0.1, 0.15) is 63.4 Å². The summed E-state index contributed by atoms with van der Waals surface area (Å²) >= 11 is 6.19. The number of hydrogen-bond acceptors (Lipinski definition) is 3. The highest BCUT2D eigenvalue weighted by Crippen LogP contribution is 2.42. The Hall–Kier alpha value is -0.320. The quantitative estimate of drug-likeness (QED) is 0.551. The lowest BCUT2D eigenvalue weighted by molar-refractivity contribution is -0.0202. The molecule has 6 heteroatoms. The maximum atomic E-state index is 11.3. The van der Waals surface area contributed by atoms with Crippen molar-refractivity contribution in [2.75, 3.05) is 14.1 Å². The van der Waals surface area contributed by atoms with Crippen LogP contribution >= 0.6 is 36.4 Å². The molecule has 1 aromatic carbocycles. The number of halogens is 3. The maximum Gasteiger partial charge on any atom is 0.0719 e. The van der Waals surface area contributed by atoms with Crippen LogP contribution in [0.5, 0.6) is 0 Å². The summed E-state index contributed by atoms with van der Waals surface area (Å²) in [6, 6.07) is 8.15. The second kappa shape index (κ2) is 11.5. The third kappa shape index (κ3) is 7.01. The molecule has 0 heterocycles. The molecule has 2 rings (SSSR count). The number of rotatable bonds is 7. The molecule has 1 saturated carbocycles. The van der Waals surface area contributed by atoms with Gasteiger partial charge >= 0.3 is 0 Å². The predicted molar refractivity (Wildman–Crippen MR) is 117 cm³/mol. The van der Waals surface area contributed by atoms with Crippen molar-refractivity contribution in [2.24, 2.45) is 0 Å². The molecule has 26 heavy (non-hydrogen) atoms. The van der Waals surface area contributed by atoms with Crippen molar-refractivity contribution in [1.82, 2.24) is 4.90 Å². The third-order valence-corrected chi connectivity index (χ3v) is 5.73. The molecular weight excluding hydrogens is 391 g/mol. The van der Waals surface area contributed by atoms with Crippen LogP contribution in [0.15, 0.2) is 24.3 Å². The Kier molecular flexibility index (Phi) is 11.4. The number of benzene rings is 1. The van der Waals surface area contributed by atoms with Crippen LogP contribution in [0.3, 0.4) is 0 Å². The zero-order chi connectivity index (χ0) is 17.7. The Morgan fingerprint density at radius 2 is 1.81 bits per heavy atom. The van der Waals surface area contributed by atoms with Gasteiger partial charge < -0.3 is 15.4 Å². The predicted octanol–water partition coefficient (Wildman–Crippen LogP) is 5.71. The molecule has 150 valence electrons. The molecule has 0 aliphatic heterocycles. The molecule has 0 amide bonds. The largest absolute Gasteiger partial charge is 0.389 e. The van der Waals surface area contributed by atoms with E-state index in [4.69, 9.17) is 17.0 Å². The van der Waals surface area contributed by atoms with Gasteiger partial charge in [-0.3, -0.25) is 0 Å². The first-order chi connectivity index (χ1) is 11.3. The number of hydrogen-bond donors (Lipinski definition) is 2. The van der Waals surface area contributed by atoms with E-state index in [0.717, 1.165) is 37.7 Å². The first kappa shape index (κ1) is 25.7. The van der Waals surface area contributed by atoms with E-state index in [1.807, 2.05) is 38.4 Å². The molecule has 1 aliphatic rings. The molecule has 0 saturated heterocycles. The van der Waals surface area contributed by atoms with Crippen molar-refractivity contribution in [3.05, 3.63) is 34.9 Å². The second-order valence-corrected chi connectivity index (χ2v) is 8.03. The summed E-state index contributed by atoms with van der Waals surface area (Å²) in [6.45, 7) is 2.14. The van der Waals surface area contributed by atoms with E-state index in [0.29, 0.717) is 23.2 Å². The molecule has 0 bridgehead atoms. The van der Waals surface area contributed by atoms with Crippen molar-refractivity contribution >= 4 is 42.1 Å². The number of nitrogens with zero attached hydrogens (tertiary/aromatic N) is 1. The van der Waals surface area contributed by atoms with E-state index >= 15 is 0 Å². The lowest BCUT2D eigenvalue weighted by Gasteiger charge is -2.40. The Morgan fingerprint density at radius 1 is 1.19 bits per heavy atom. The minimum absolute atomic E-state index is 0. The molecular formula is C20H33Cl3N2O. The van der Waals surface area contributed by atoms with Crippen molar-refractivity contribution in [3.63, 3.8) is 0 Å². The fourth-order valence-corrected chi connectivity index (χ4v) is 3.92. The Balaban J connectivity index is 0.00000312. The Morgan fingerprint density at radius 3 is 2.35 bits per heavy atom. The summed E-state index contributed by atoms with van der Waals surface area (Å²) in [5.41, 5.74) is 1.06. The minimum atomic E-state index is -0.712. The van der Waals surface area contributed by atoms with E-state index in [1.54, 1.807) is 0 Å². The molecule has 1 unspecified atom stereocenters. The van der Waals surface area contributed by atoms with Crippen molar-refractivity contribution in [2.45, 2.75) is 69.4 Å². The molecule has 2 N–H and O–H groups in total. The summed E-state index contributed by atoms with van der Waals surface area (Å²) in [5, 5.41) is 20.5. The SMILES string of the molecule is C[C@H](CC(=N)CC(c1cccc(Cl)c1)C1(O)CCCCC1)N(C)C.Cl.Cl. The summed E-state index contributed by atoms with van der Waals surface area (Å²) in [5.74, 6) is -0.0432.